The van der Waals surface area contributed by atoms with Crippen LogP contribution >= 0.6 is 0 Å². The van der Waals surface area contributed by atoms with Crippen LogP contribution in [0.1, 0.15) is 67.6 Å². The number of anilines is 2. The van der Waals surface area contributed by atoms with Gasteiger partial charge < -0.3 is 24.5 Å². The Balaban J connectivity index is 1.63. The summed E-state index contributed by atoms with van der Waals surface area (Å²) in [5.41, 5.74) is 2.18. The maximum absolute atomic E-state index is 13.8. The van der Waals surface area contributed by atoms with Crippen molar-refractivity contribution in [3.05, 3.63) is 29.0 Å². The van der Waals surface area contributed by atoms with E-state index in [-0.39, 0.29) is 62.1 Å². The quantitative estimate of drug-likeness (QED) is 0.556. The van der Waals surface area contributed by atoms with Crippen LogP contribution in [0.3, 0.4) is 0 Å². The van der Waals surface area contributed by atoms with Crippen LogP contribution in [-0.2, 0) is 16.1 Å². The number of aliphatic hydroxyl groups excluding tert-OH is 1. The molecule has 0 saturated heterocycles. The molecule has 0 bridgehead atoms. The number of imidazole rings is 1. The van der Waals surface area contributed by atoms with Crippen molar-refractivity contribution in [1.29, 1.82) is 0 Å². The van der Waals surface area contributed by atoms with Gasteiger partial charge in [0.05, 0.1) is 25.7 Å². The number of ether oxygens (including phenoxy) is 2. The number of nitrogens with zero attached hydrogens (tertiary/aromatic N) is 3. The molecule has 2 aliphatic heterocycles. The van der Waals surface area contributed by atoms with Crippen LogP contribution in [-0.4, -0.2) is 58.1 Å². The van der Waals surface area contributed by atoms with E-state index >= 15 is 0 Å². The van der Waals surface area contributed by atoms with Gasteiger partial charge in [0.25, 0.3) is 0 Å². The van der Waals surface area contributed by atoms with Crippen LogP contribution in [0.5, 0.6) is 11.5 Å². The van der Waals surface area contributed by atoms with Crippen molar-refractivity contribution in [3.63, 3.8) is 0 Å². The summed E-state index contributed by atoms with van der Waals surface area (Å²) in [6.45, 7) is 6.15. The van der Waals surface area contributed by atoms with E-state index in [1.165, 1.54) is 4.90 Å². The number of aromatic nitrogens is 2. The average molecular weight is 511 g/mol. The molecule has 1 aromatic carbocycles. The van der Waals surface area contributed by atoms with E-state index in [0.717, 1.165) is 24.0 Å². The van der Waals surface area contributed by atoms with E-state index in [0.29, 0.717) is 36.0 Å². The number of aliphatic hydroxyl groups is 1. The summed E-state index contributed by atoms with van der Waals surface area (Å²) in [5, 5.41) is 13.1. The molecule has 3 aliphatic rings. The van der Waals surface area contributed by atoms with E-state index in [9.17, 15) is 19.5 Å². The van der Waals surface area contributed by atoms with Crippen LogP contribution in [0, 0.1) is 18.8 Å². The molecule has 1 aromatic heterocycles. The first-order chi connectivity index (χ1) is 17.8. The second kappa shape index (κ2) is 10.2. The number of hydrogen-bond acceptors (Lipinski definition) is 8. The molecule has 1 fully saturated rings. The zero-order valence-corrected chi connectivity index (χ0v) is 21.6. The van der Waals surface area contributed by atoms with Crippen molar-refractivity contribution >= 4 is 29.2 Å². The fourth-order valence-electron chi connectivity index (χ4n) is 5.45. The molecule has 0 radical (unpaired) electrons. The van der Waals surface area contributed by atoms with Gasteiger partial charge in [0.2, 0.25) is 18.6 Å². The van der Waals surface area contributed by atoms with E-state index in [1.54, 1.807) is 4.57 Å². The molecule has 2 aromatic rings. The topological polar surface area (TPSA) is 123 Å². The minimum Gasteiger partial charge on any atom is -0.454 e. The molecule has 3 heterocycles. The summed E-state index contributed by atoms with van der Waals surface area (Å²) in [5.74, 6) is 1.14. The third kappa shape index (κ3) is 4.58. The zero-order chi connectivity index (χ0) is 26.3. The predicted octanol–water partition coefficient (Wildman–Crippen LogP) is 3.08. The van der Waals surface area contributed by atoms with Gasteiger partial charge in [-0.1, -0.05) is 20.3 Å². The molecular formula is C27H34N4O6. The van der Waals surface area contributed by atoms with Crippen molar-refractivity contribution in [1.82, 2.24) is 9.55 Å². The number of β-amino-alcohol motifs (C(OH)–C–C–N with tert-alkyl or cyclic N) is 1. The fraction of sp³-hybridized carbons (Fsp3) is 0.556. The maximum atomic E-state index is 13.8. The summed E-state index contributed by atoms with van der Waals surface area (Å²) in [4.78, 5) is 46.1. The van der Waals surface area contributed by atoms with Gasteiger partial charge in [-0.2, -0.15) is 4.98 Å². The Morgan fingerprint density at radius 3 is 2.65 bits per heavy atom. The molecular weight excluding hydrogens is 476 g/mol. The normalized spacial score (nSPS) is 21.8. The van der Waals surface area contributed by atoms with Crippen LogP contribution in [0.15, 0.2) is 12.1 Å². The second-order valence-electron chi connectivity index (χ2n) is 10.2. The lowest BCUT2D eigenvalue weighted by Crippen LogP contribution is -2.40. The van der Waals surface area contributed by atoms with Crippen molar-refractivity contribution in [2.45, 2.75) is 65.5 Å². The highest BCUT2D eigenvalue weighted by Gasteiger charge is 2.41. The number of carbonyl (C=O) groups is 3. The lowest BCUT2D eigenvalue weighted by Gasteiger charge is -2.25. The van der Waals surface area contributed by atoms with Crippen LogP contribution in [0.4, 0.5) is 11.8 Å². The first kappa shape index (κ1) is 25.3. The molecule has 10 nitrogen and oxygen atoms in total. The highest BCUT2D eigenvalue weighted by molar-refractivity contribution is 6.10. The number of carbonyl (C=O) groups excluding carboxylic acids is 3. The Morgan fingerprint density at radius 1 is 1.22 bits per heavy atom. The maximum Gasteiger partial charge on any atom is 0.232 e. The number of Topliss-reactive ketones (excluding diaryl/α,β-unsaturated/α-hetero) is 2. The Bertz CT molecular complexity index is 1240. The summed E-state index contributed by atoms with van der Waals surface area (Å²) < 4.78 is 12.9. The molecule has 1 aliphatic carbocycles. The number of rotatable bonds is 8. The van der Waals surface area contributed by atoms with Gasteiger partial charge in [-0.3, -0.25) is 19.3 Å². The Kier molecular flexibility index (Phi) is 6.94. The highest BCUT2D eigenvalue weighted by Crippen LogP contribution is 2.38. The third-order valence-corrected chi connectivity index (χ3v) is 7.88. The largest absolute Gasteiger partial charge is 0.454 e. The number of ketones is 2. The molecule has 198 valence electrons. The summed E-state index contributed by atoms with van der Waals surface area (Å²) in [7, 11) is 0. The lowest BCUT2D eigenvalue weighted by atomic mass is 9.86. The Hall–Kier alpha value is -3.40. The second-order valence-corrected chi connectivity index (χ2v) is 10.2. The monoisotopic (exact) mass is 510 g/mol. The van der Waals surface area contributed by atoms with Gasteiger partial charge in [-0.25, -0.2) is 0 Å². The number of amides is 1. The summed E-state index contributed by atoms with van der Waals surface area (Å²) in [6.07, 6.45) is 2.80. The molecule has 2 unspecified atom stereocenters. The molecule has 37 heavy (non-hydrogen) atoms. The standard InChI is InChI=1S/C27H34N4O6/c1-4-15(2)18-12-21(34)24-25(30(8-9-32)26(18)35)29-27(28-19-6-5-7-20(19)33)31(24)13-17-11-23-22(10-16(17)3)36-14-37-23/h10-11,15,18-19,32H,4-9,12-14H2,1-3H3,(H,28,29)/t15?,18?,19-/m1/s1. The van der Waals surface area contributed by atoms with Gasteiger partial charge in [0.1, 0.15) is 5.69 Å². The van der Waals surface area contributed by atoms with Crippen LogP contribution in [0.25, 0.3) is 0 Å². The van der Waals surface area contributed by atoms with Crippen molar-refractivity contribution in [2.75, 3.05) is 30.2 Å². The van der Waals surface area contributed by atoms with Gasteiger partial charge in [0.15, 0.2) is 28.9 Å². The molecule has 1 saturated carbocycles. The number of benzene rings is 1. The molecule has 3 atom stereocenters. The smallest absolute Gasteiger partial charge is 0.232 e. The van der Waals surface area contributed by atoms with Gasteiger partial charge in [-0.15, -0.1) is 0 Å². The van der Waals surface area contributed by atoms with E-state index in [4.69, 9.17) is 14.5 Å². The van der Waals surface area contributed by atoms with Crippen molar-refractivity contribution in [2.24, 2.45) is 11.8 Å². The zero-order valence-electron chi connectivity index (χ0n) is 21.6. The average Bonchev–Trinajstić information content (AvgIpc) is 3.58. The Morgan fingerprint density at radius 2 is 1.97 bits per heavy atom. The summed E-state index contributed by atoms with van der Waals surface area (Å²) >= 11 is 0. The number of aryl methyl sites for hydroxylation is 1. The molecule has 0 spiro atoms. The van der Waals surface area contributed by atoms with E-state index in [1.807, 2.05) is 32.9 Å². The fourth-order valence-corrected chi connectivity index (χ4v) is 5.45. The first-order valence-corrected chi connectivity index (χ1v) is 13.1. The lowest BCUT2D eigenvalue weighted by molar-refractivity contribution is -0.124. The van der Waals surface area contributed by atoms with E-state index in [2.05, 4.69) is 5.32 Å². The van der Waals surface area contributed by atoms with Crippen LogP contribution in [0.2, 0.25) is 0 Å². The molecule has 5 rings (SSSR count). The highest BCUT2D eigenvalue weighted by atomic mass is 16.7. The summed E-state index contributed by atoms with van der Waals surface area (Å²) in [6, 6.07) is 3.41. The van der Waals surface area contributed by atoms with Gasteiger partial charge in [-0.05, 0) is 48.9 Å². The molecule has 2 N–H and O–H groups in total. The minimum absolute atomic E-state index is 0.0000844. The minimum atomic E-state index is -0.494. The predicted molar refractivity (Wildman–Crippen MR) is 136 cm³/mol. The van der Waals surface area contributed by atoms with Crippen molar-refractivity contribution in [3.8, 4) is 11.5 Å². The SMILES string of the molecule is CCC(C)C1CC(=O)c2c(nc(N[C@@H]3CCCC3=O)n2Cc2cc3c(cc2C)OCO3)N(CCO)C1=O. The number of nitrogens with one attached hydrogen (secondary N) is 1. The third-order valence-electron chi connectivity index (χ3n) is 7.88. The molecule has 10 heteroatoms. The van der Waals surface area contributed by atoms with E-state index < -0.39 is 12.0 Å². The van der Waals surface area contributed by atoms with Gasteiger partial charge in [0, 0.05) is 18.8 Å². The number of hydrogen-bond donors (Lipinski definition) is 2. The van der Waals surface area contributed by atoms with Gasteiger partial charge >= 0.3 is 0 Å². The molecule has 1 amide bonds. The first-order valence-electron chi connectivity index (χ1n) is 13.1. The van der Waals surface area contributed by atoms with Crippen LogP contribution < -0.4 is 19.7 Å². The van der Waals surface area contributed by atoms with Crippen molar-refractivity contribution < 1.29 is 29.0 Å². The Labute approximate surface area is 215 Å². The number of fused-ring (bicyclic) bond motifs is 2.